The molecule has 1 N–H and O–H groups in total. The number of hydrogen-bond donors (Lipinski definition) is 1. The van der Waals surface area contributed by atoms with Gasteiger partial charge in [-0.1, -0.05) is 0 Å². The fraction of sp³-hybridized carbons (Fsp3) is 0.500. The number of carbonyl (C=O) groups excluding carboxylic acids is 1. The quantitative estimate of drug-likeness (QED) is 0.737. The van der Waals surface area contributed by atoms with E-state index in [-0.39, 0.29) is 12.0 Å². The van der Waals surface area contributed by atoms with Crippen LogP contribution in [-0.2, 0) is 22.6 Å². The number of hydrogen-bond acceptors (Lipinski definition) is 4. The van der Waals surface area contributed by atoms with Crippen molar-refractivity contribution in [3.8, 4) is 0 Å². The Balaban J connectivity index is 2.20. The van der Waals surface area contributed by atoms with Crippen LogP contribution in [0.3, 0.4) is 0 Å². The third kappa shape index (κ3) is 1.55. The van der Waals surface area contributed by atoms with Crippen molar-refractivity contribution in [2.75, 3.05) is 7.11 Å². The number of nitrogens with zero attached hydrogens (tertiary/aromatic N) is 2. The Bertz CT molecular complexity index is 363. The Morgan fingerprint density at radius 3 is 3.36 bits per heavy atom. The number of aromatic nitrogens is 2. The summed E-state index contributed by atoms with van der Waals surface area (Å²) in [6, 6.07) is -0.280. The van der Waals surface area contributed by atoms with Crippen LogP contribution >= 0.6 is 15.9 Å². The second-order valence-electron chi connectivity index (χ2n) is 3.06. The normalized spacial score (nSPS) is 20.3. The number of halogens is 1. The molecule has 2 rings (SSSR count). The molecule has 0 amide bonds. The van der Waals surface area contributed by atoms with Crippen molar-refractivity contribution < 1.29 is 9.53 Å². The molecule has 0 radical (unpaired) electrons. The van der Waals surface area contributed by atoms with E-state index in [1.807, 2.05) is 4.57 Å². The minimum absolute atomic E-state index is 0.240. The number of nitrogens with one attached hydrogen (secondary N) is 1. The molecule has 6 heteroatoms. The van der Waals surface area contributed by atoms with Crippen LogP contribution in [0.5, 0.6) is 0 Å². The predicted molar refractivity (Wildman–Crippen MR) is 52.6 cm³/mol. The molecule has 1 aromatic heterocycles. The minimum Gasteiger partial charge on any atom is -0.468 e. The monoisotopic (exact) mass is 259 g/mol. The molecule has 5 nitrogen and oxygen atoms in total. The SMILES string of the molecule is COC(=O)C1Cn2c(Br)cnc2CN1. The lowest BCUT2D eigenvalue weighted by atomic mass is 10.2. The average molecular weight is 260 g/mol. The Hall–Kier alpha value is -0.880. The maximum Gasteiger partial charge on any atom is 0.324 e. The summed E-state index contributed by atoms with van der Waals surface area (Å²) in [6.07, 6.45) is 1.73. The van der Waals surface area contributed by atoms with E-state index < -0.39 is 0 Å². The van der Waals surface area contributed by atoms with Crippen LogP contribution in [0.4, 0.5) is 0 Å². The molecule has 0 saturated carbocycles. The second-order valence-corrected chi connectivity index (χ2v) is 3.88. The molecule has 0 saturated heterocycles. The van der Waals surface area contributed by atoms with Crippen LogP contribution in [-0.4, -0.2) is 28.7 Å². The molecule has 1 aliphatic heterocycles. The number of carbonyl (C=O) groups is 1. The second kappa shape index (κ2) is 3.70. The van der Waals surface area contributed by atoms with Gasteiger partial charge < -0.3 is 9.30 Å². The average Bonchev–Trinajstić information content (AvgIpc) is 2.59. The summed E-state index contributed by atoms with van der Waals surface area (Å²) >= 11 is 3.37. The molecule has 2 heterocycles. The molecular weight excluding hydrogens is 250 g/mol. The first-order valence-corrected chi connectivity index (χ1v) is 5.03. The standard InChI is InChI=1S/C8H10BrN3O2/c1-14-8(13)5-4-12-6(9)2-11-7(12)3-10-5/h2,5,10H,3-4H2,1H3. The summed E-state index contributed by atoms with van der Waals surface area (Å²) in [5.41, 5.74) is 0. The summed E-state index contributed by atoms with van der Waals surface area (Å²) in [7, 11) is 1.39. The summed E-state index contributed by atoms with van der Waals surface area (Å²) in [5.74, 6) is 0.688. The van der Waals surface area contributed by atoms with E-state index in [0.717, 1.165) is 10.4 Å². The summed E-state index contributed by atoms with van der Waals surface area (Å²) in [5, 5.41) is 3.06. The van der Waals surface area contributed by atoms with E-state index in [2.05, 4.69) is 31.0 Å². The number of rotatable bonds is 1. The number of methoxy groups -OCH3 is 1. The van der Waals surface area contributed by atoms with Gasteiger partial charge in [0, 0.05) is 0 Å². The van der Waals surface area contributed by atoms with Crippen molar-refractivity contribution in [2.45, 2.75) is 19.1 Å². The first-order chi connectivity index (χ1) is 6.72. The van der Waals surface area contributed by atoms with Gasteiger partial charge in [-0.15, -0.1) is 0 Å². The highest BCUT2D eigenvalue weighted by Crippen LogP contribution is 2.16. The van der Waals surface area contributed by atoms with Gasteiger partial charge in [-0.2, -0.15) is 0 Å². The molecule has 0 aromatic carbocycles. The maximum absolute atomic E-state index is 11.3. The van der Waals surface area contributed by atoms with Crippen molar-refractivity contribution in [3.05, 3.63) is 16.6 Å². The Morgan fingerprint density at radius 1 is 1.86 bits per heavy atom. The highest BCUT2D eigenvalue weighted by atomic mass is 79.9. The van der Waals surface area contributed by atoms with Crippen molar-refractivity contribution >= 4 is 21.9 Å². The molecule has 0 bridgehead atoms. The number of fused-ring (bicyclic) bond motifs is 1. The lowest BCUT2D eigenvalue weighted by molar-refractivity contribution is -0.143. The lowest BCUT2D eigenvalue weighted by Crippen LogP contribution is -2.45. The minimum atomic E-state index is -0.280. The molecule has 0 aliphatic carbocycles. The summed E-state index contributed by atoms with van der Waals surface area (Å²) < 4.78 is 7.52. The number of imidazole rings is 1. The first-order valence-electron chi connectivity index (χ1n) is 4.23. The van der Waals surface area contributed by atoms with E-state index >= 15 is 0 Å². The molecule has 1 unspecified atom stereocenters. The molecule has 1 aliphatic rings. The van der Waals surface area contributed by atoms with Gasteiger partial charge in [-0.25, -0.2) is 4.98 Å². The third-order valence-corrected chi connectivity index (χ3v) is 2.88. The van der Waals surface area contributed by atoms with Crippen LogP contribution in [0.15, 0.2) is 10.8 Å². The Labute approximate surface area is 89.6 Å². The van der Waals surface area contributed by atoms with Crippen LogP contribution in [0.2, 0.25) is 0 Å². The molecule has 14 heavy (non-hydrogen) atoms. The molecule has 0 fully saturated rings. The number of esters is 1. The third-order valence-electron chi connectivity index (χ3n) is 2.25. The highest BCUT2D eigenvalue weighted by molar-refractivity contribution is 9.10. The molecule has 1 atom stereocenters. The zero-order chi connectivity index (χ0) is 10.1. The first kappa shape index (κ1) is 9.67. The van der Waals surface area contributed by atoms with Gasteiger partial charge in [0.1, 0.15) is 16.5 Å². The van der Waals surface area contributed by atoms with Crippen LogP contribution < -0.4 is 5.32 Å². The Kier molecular flexibility index (Phi) is 2.56. The highest BCUT2D eigenvalue weighted by Gasteiger charge is 2.26. The van der Waals surface area contributed by atoms with Gasteiger partial charge in [0.15, 0.2) is 0 Å². The van der Waals surface area contributed by atoms with E-state index in [4.69, 9.17) is 0 Å². The van der Waals surface area contributed by atoms with E-state index in [1.54, 1.807) is 6.20 Å². The van der Waals surface area contributed by atoms with Crippen molar-refractivity contribution in [3.63, 3.8) is 0 Å². The summed E-state index contributed by atoms with van der Waals surface area (Å²) in [4.78, 5) is 15.5. The van der Waals surface area contributed by atoms with Crippen molar-refractivity contribution in [1.82, 2.24) is 14.9 Å². The van der Waals surface area contributed by atoms with E-state index in [0.29, 0.717) is 13.1 Å². The van der Waals surface area contributed by atoms with Crippen LogP contribution in [0, 0.1) is 0 Å². The Morgan fingerprint density at radius 2 is 2.64 bits per heavy atom. The number of ether oxygens (including phenoxy) is 1. The van der Waals surface area contributed by atoms with E-state index in [9.17, 15) is 4.79 Å². The van der Waals surface area contributed by atoms with E-state index in [1.165, 1.54) is 7.11 Å². The topological polar surface area (TPSA) is 56.2 Å². The molecule has 1 aromatic rings. The predicted octanol–water partition coefficient (Wildman–Crippen LogP) is 0.290. The van der Waals surface area contributed by atoms with Crippen molar-refractivity contribution in [2.24, 2.45) is 0 Å². The molecule has 0 spiro atoms. The van der Waals surface area contributed by atoms with Gasteiger partial charge in [0.25, 0.3) is 0 Å². The van der Waals surface area contributed by atoms with Gasteiger partial charge in [0.2, 0.25) is 0 Å². The fourth-order valence-corrected chi connectivity index (χ4v) is 1.94. The largest absolute Gasteiger partial charge is 0.468 e. The maximum atomic E-state index is 11.3. The van der Waals surface area contributed by atoms with Crippen molar-refractivity contribution in [1.29, 1.82) is 0 Å². The van der Waals surface area contributed by atoms with Crippen LogP contribution in [0.25, 0.3) is 0 Å². The zero-order valence-electron chi connectivity index (χ0n) is 7.66. The van der Waals surface area contributed by atoms with Crippen LogP contribution in [0.1, 0.15) is 5.82 Å². The zero-order valence-corrected chi connectivity index (χ0v) is 9.24. The van der Waals surface area contributed by atoms with Gasteiger partial charge in [0.05, 0.1) is 26.4 Å². The molecule has 76 valence electrons. The van der Waals surface area contributed by atoms with Gasteiger partial charge in [-0.3, -0.25) is 10.1 Å². The molecular formula is C8H10BrN3O2. The smallest absolute Gasteiger partial charge is 0.324 e. The fourth-order valence-electron chi connectivity index (χ4n) is 1.49. The lowest BCUT2D eigenvalue weighted by Gasteiger charge is -2.23. The summed E-state index contributed by atoms with van der Waals surface area (Å²) in [6.45, 7) is 1.15. The van der Waals surface area contributed by atoms with Gasteiger partial charge >= 0.3 is 5.97 Å². The van der Waals surface area contributed by atoms with Gasteiger partial charge in [-0.05, 0) is 15.9 Å².